The Labute approximate surface area is 214 Å². The number of hydrogen-bond acceptors (Lipinski definition) is 11. The first-order valence-corrected chi connectivity index (χ1v) is 13.2. The van der Waals surface area contributed by atoms with Crippen molar-refractivity contribution in [3.05, 3.63) is 34.0 Å². The lowest BCUT2D eigenvalue weighted by Crippen LogP contribution is -2.71. The number of carboxylic acid groups (broad SMARTS) is 1. The van der Waals surface area contributed by atoms with Gasteiger partial charge in [0.15, 0.2) is 10.8 Å². The van der Waals surface area contributed by atoms with Crippen LogP contribution < -0.4 is 20.7 Å². The molecule has 3 N–H and O–H groups in total. The number of aromatic nitrogens is 4. The molecule has 36 heavy (non-hydrogen) atoms. The topological polar surface area (TPSA) is 172 Å². The van der Waals surface area contributed by atoms with E-state index in [1.807, 2.05) is 16.2 Å². The largest absolute Gasteiger partial charge is 0.543 e. The van der Waals surface area contributed by atoms with Crippen LogP contribution in [-0.4, -0.2) is 67.4 Å². The van der Waals surface area contributed by atoms with E-state index >= 15 is 0 Å². The number of thiazole rings is 1. The number of β-lactam (4-membered cyclic amide) rings is 1. The fourth-order valence-corrected chi connectivity index (χ4v) is 6.57. The lowest BCUT2D eigenvalue weighted by atomic mass is 10.0. The van der Waals surface area contributed by atoms with Crippen LogP contribution in [0.4, 0.5) is 5.13 Å². The summed E-state index contributed by atoms with van der Waals surface area (Å²) in [6.45, 7) is 3.03. The van der Waals surface area contributed by atoms with Crippen molar-refractivity contribution in [3.8, 4) is 0 Å². The molecule has 3 aliphatic rings. The SMILES string of the molecule is CO/N=C(\C(=O)N[C@@H]1C(=O)N2C(C(=O)[O-])=C(C[n+]3c(C)nn4c3CCCC4)CS[C@H]12)c1csc(N)n1. The number of aryl methyl sites for hydroxylation is 2. The van der Waals surface area contributed by atoms with Crippen molar-refractivity contribution in [2.45, 2.75) is 50.7 Å². The molecular weight excluding hydrogens is 508 g/mol. The Morgan fingerprint density at radius 1 is 1.42 bits per heavy atom. The minimum Gasteiger partial charge on any atom is -0.543 e. The zero-order valence-corrected chi connectivity index (χ0v) is 21.2. The van der Waals surface area contributed by atoms with Gasteiger partial charge in [-0.2, -0.15) is 0 Å². The van der Waals surface area contributed by atoms with Gasteiger partial charge in [0, 0.05) is 29.6 Å². The molecule has 15 heteroatoms. The molecule has 13 nitrogen and oxygen atoms in total. The maximum absolute atomic E-state index is 13.1. The van der Waals surface area contributed by atoms with Crippen LogP contribution in [0.3, 0.4) is 0 Å². The van der Waals surface area contributed by atoms with Gasteiger partial charge in [0.05, 0.1) is 18.2 Å². The second-order valence-electron chi connectivity index (χ2n) is 8.52. The maximum atomic E-state index is 13.1. The van der Waals surface area contributed by atoms with E-state index in [1.54, 1.807) is 5.38 Å². The Kier molecular flexibility index (Phi) is 6.42. The van der Waals surface area contributed by atoms with Gasteiger partial charge in [-0.25, -0.2) is 9.55 Å². The van der Waals surface area contributed by atoms with Gasteiger partial charge in [0.2, 0.25) is 5.82 Å². The van der Waals surface area contributed by atoms with Crippen molar-refractivity contribution >= 4 is 51.7 Å². The fraction of sp³-hybridized carbons (Fsp3) is 0.476. The van der Waals surface area contributed by atoms with E-state index in [2.05, 4.69) is 20.6 Å². The standard InChI is InChI=1S/C21H24N8O5S2/c1-10-25-28-6-4-3-5-13(28)27(10)7-11-8-35-19-15(18(31)29(19)16(11)20(32)33)24-17(30)14(26-34-2)12-9-36-21(22)23-12/h9,15,19H,3-8H2,1-2H3,(H3-,22,23,24,30,32,33)/b26-14-/t15-,19-/m1/s1. The third-order valence-corrected chi connectivity index (χ3v) is 8.34. The lowest BCUT2D eigenvalue weighted by molar-refractivity contribution is -0.703. The van der Waals surface area contributed by atoms with Gasteiger partial charge < -0.3 is 25.8 Å². The molecule has 5 heterocycles. The van der Waals surface area contributed by atoms with Crippen LogP contribution in [0.5, 0.6) is 0 Å². The molecule has 0 spiro atoms. The number of aliphatic carboxylic acids is 1. The van der Waals surface area contributed by atoms with Crippen LogP contribution in [0.15, 0.2) is 21.8 Å². The summed E-state index contributed by atoms with van der Waals surface area (Å²) in [6, 6.07) is -0.935. The van der Waals surface area contributed by atoms with Crippen molar-refractivity contribution in [1.29, 1.82) is 0 Å². The third kappa shape index (κ3) is 4.11. The highest BCUT2D eigenvalue weighted by molar-refractivity contribution is 8.00. The van der Waals surface area contributed by atoms with Crippen LogP contribution in [0.25, 0.3) is 0 Å². The fourth-order valence-electron chi connectivity index (χ4n) is 4.69. The minimum atomic E-state index is -1.42. The van der Waals surface area contributed by atoms with Crippen LogP contribution in [-0.2, 0) is 38.7 Å². The molecule has 0 radical (unpaired) electrons. The maximum Gasteiger partial charge on any atom is 0.276 e. The molecule has 1 saturated heterocycles. The molecule has 2 aromatic rings. The summed E-state index contributed by atoms with van der Waals surface area (Å²) < 4.78 is 3.97. The van der Waals surface area contributed by atoms with Gasteiger partial charge in [0.25, 0.3) is 17.6 Å². The summed E-state index contributed by atoms with van der Waals surface area (Å²) in [6.07, 6.45) is 2.96. The number of oxime groups is 1. The highest BCUT2D eigenvalue weighted by Gasteiger charge is 2.53. The Balaban J connectivity index is 1.37. The van der Waals surface area contributed by atoms with Gasteiger partial charge in [-0.1, -0.05) is 5.16 Å². The Bertz CT molecular complexity index is 1320. The van der Waals surface area contributed by atoms with Gasteiger partial charge >= 0.3 is 0 Å². The molecule has 2 atom stereocenters. The van der Waals surface area contributed by atoms with E-state index in [4.69, 9.17) is 10.6 Å². The smallest absolute Gasteiger partial charge is 0.276 e. The van der Waals surface area contributed by atoms with E-state index < -0.39 is 29.2 Å². The predicted molar refractivity (Wildman–Crippen MR) is 127 cm³/mol. The molecule has 3 aliphatic heterocycles. The molecule has 190 valence electrons. The van der Waals surface area contributed by atoms with E-state index in [-0.39, 0.29) is 22.2 Å². The first-order chi connectivity index (χ1) is 17.3. The Hall–Kier alpha value is -3.46. The van der Waals surface area contributed by atoms with Crippen LogP contribution in [0, 0.1) is 6.92 Å². The number of anilines is 1. The molecular formula is C21H24N8O5S2. The van der Waals surface area contributed by atoms with Crippen molar-refractivity contribution < 1.29 is 28.9 Å². The van der Waals surface area contributed by atoms with E-state index in [1.165, 1.54) is 23.8 Å². The zero-order valence-electron chi connectivity index (χ0n) is 19.6. The van der Waals surface area contributed by atoms with Gasteiger partial charge in [-0.3, -0.25) is 14.5 Å². The van der Waals surface area contributed by atoms with E-state index in [9.17, 15) is 19.5 Å². The number of nitrogen functional groups attached to an aromatic ring is 1. The number of carboxylic acids is 1. The molecule has 1 fully saturated rings. The number of nitrogens with zero attached hydrogens (tertiary/aromatic N) is 6. The molecule has 0 aliphatic carbocycles. The first-order valence-electron chi connectivity index (χ1n) is 11.3. The number of nitrogens with two attached hydrogens (primary N) is 1. The molecule has 2 aromatic heterocycles. The third-order valence-electron chi connectivity index (χ3n) is 6.32. The highest BCUT2D eigenvalue weighted by Crippen LogP contribution is 2.40. The average molecular weight is 533 g/mol. The summed E-state index contributed by atoms with van der Waals surface area (Å²) in [5.74, 6) is -0.440. The number of fused-ring (bicyclic) bond motifs is 2. The van der Waals surface area contributed by atoms with Crippen molar-refractivity contribution in [1.82, 2.24) is 25.0 Å². The first kappa shape index (κ1) is 24.2. The van der Waals surface area contributed by atoms with E-state index in [0.29, 0.717) is 17.9 Å². The van der Waals surface area contributed by atoms with Crippen LogP contribution >= 0.6 is 23.1 Å². The van der Waals surface area contributed by atoms with Gasteiger partial charge in [-0.05, 0) is 18.4 Å². The molecule has 2 amide bonds. The summed E-state index contributed by atoms with van der Waals surface area (Å²) >= 11 is 2.51. The van der Waals surface area contributed by atoms with Crippen LogP contribution in [0.2, 0.25) is 0 Å². The van der Waals surface area contributed by atoms with Gasteiger partial charge in [-0.15, -0.1) is 27.8 Å². The number of carbonyl (C=O) groups is 3. The molecule has 0 aromatic carbocycles. The summed E-state index contributed by atoms with van der Waals surface area (Å²) in [5, 5.41) is 24.3. The molecule has 0 saturated carbocycles. The van der Waals surface area contributed by atoms with Crippen molar-refractivity contribution in [2.75, 3.05) is 18.6 Å². The predicted octanol–water partition coefficient (Wildman–Crippen LogP) is -1.69. The Morgan fingerprint density at radius 2 is 2.22 bits per heavy atom. The number of nitrogens with one attached hydrogen (secondary N) is 1. The average Bonchev–Trinajstić information content (AvgIpc) is 3.42. The number of hydrogen-bond donors (Lipinski definition) is 2. The number of amides is 2. The monoisotopic (exact) mass is 532 g/mol. The number of thioether (sulfide) groups is 1. The van der Waals surface area contributed by atoms with E-state index in [0.717, 1.165) is 48.8 Å². The second kappa shape index (κ2) is 9.54. The molecule has 0 unspecified atom stereocenters. The van der Waals surface area contributed by atoms with Crippen molar-refractivity contribution in [3.63, 3.8) is 0 Å². The zero-order chi connectivity index (χ0) is 25.6. The molecule has 5 rings (SSSR count). The summed E-state index contributed by atoms with van der Waals surface area (Å²) in [4.78, 5) is 48.1. The number of carbonyl (C=O) groups excluding carboxylic acids is 3. The Morgan fingerprint density at radius 3 is 2.92 bits per heavy atom. The van der Waals surface area contributed by atoms with Gasteiger partial charge in [0.1, 0.15) is 30.8 Å². The number of rotatable bonds is 7. The lowest BCUT2D eigenvalue weighted by Gasteiger charge is -2.50. The summed E-state index contributed by atoms with van der Waals surface area (Å²) in [7, 11) is 1.28. The highest BCUT2D eigenvalue weighted by atomic mass is 32.2. The second-order valence-corrected chi connectivity index (χ2v) is 10.5. The minimum absolute atomic E-state index is 0.133. The normalized spacial score (nSPS) is 21.6. The summed E-state index contributed by atoms with van der Waals surface area (Å²) in [5.41, 5.74) is 6.17. The molecule has 0 bridgehead atoms. The van der Waals surface area contributed by atoms with Crippen molar-refractivity contribution in [2.24, 2.45) is 5.16 Å². The van der Waals surface area contributed by atoms with Crippen LogP contribution in [0.1, 0.15) is 30.2 Å². The quantitative estimate of drug-likeness (QED) is 0.183.